The SMILES string of the molecule is COc1cc(Cl)cc(N2CC(S(N)(=O)=O)CC2=O)c1. The number of anilines is 1. The van der Waals surface area contributed by atoms with Crippen molar-refractivity contribution in [2.75, 3.05) is 18.6 Å². The fourth-order valence-electron chi connectivity index (χ4n) is 1.97. The molecule has 1 aliphatic rings. The predicted octanol–water partition coefficient (Wildman–Crippen LogP) is 0.742. The second-order valence-corrected chi connectivity index (χ2v) is 6.55. The topological polar surface area (TPSA) is 89.7 Å². The Bertz CT molecular complexity index is 617. The van der Waals surface area contributed by atoms with Crippen molar-refractivity contribution in [2.24, 2.45) is 5.14 Å². The van der Waals surface area contributed by atoms with E-state index in [0.29, 0.717) is 16.5 Å². The fraction of sp³-hybridized carbons (Fsp3) is 0.364. The van der Waals surface area contributed by atoms with E-state index in [-0.39, 0.29) is 18.9 Å². The summed E-state index contributed by atoms with van der Waals surface area (Å²) in [6.07, 6.45) is -0.117. The molecular weight excluding hydrogens is 292 g/mol. The third-order valence-corrected chi connectivity index (χ3v) is 4.42. The maximum atomic E-state index is 11.9. The van der Waals surface area contributed by atoms with E-state index < -0.39 is 15.3 Å². The zero-order chi connectivity index (χ0) is 14.2. The first-order valence-corrected chi connectivity index (χ1v) is 7.46. The number of halogens is 1. The van der Waals surface area contributed by atoms with Crippen LogP contribution in [0.15, 0.2) is 18.2 Å². The summed E-state index contributed by atoms with van der Waals surface area (Å²) < 4.78 is 27.6. The minimum Gasteiger partial charge on any atom is -0.497 e. The Balaban J connectivity index is 2.33. The summed E-state index contributed by atoms with van der Waals surface area (Å²) >= 11 is 5.92. The number of primary sulfonamides is 1. The quantitative estimate of drug-likeness (QED) is 0.892. The normalized spacial score (nSPS) is 19.8. The van der Waals surface area contributed by atoms with Gasteiger partial charge in [-0.05, 0) is 12.1 Å². The highest BCUT2D eigenvalue weighted by Crippen LogP contribution is 2.30. The first kappa shape index (κ1) is 14.1. The lowest BCUT2D eigenvalue weighted by molar-refractivity contribution is -0.117. The van der Waals surface area contributed by atoms with Crippen molar-refractivity contribution < 1.29 is 17.9 Å². The number of sulfonamides is 1. The second-order valence-electron chi connectivity index (χ2n) is 4.27. The van der Waals surface area contributed by atoms with Crippen molar-refractivity contribution in [1.82, 2.24) is 0 Å². The lowest BCUT2D eigenvalue weighted by Gasteiger charge is -2.17. The highest BCUT2D eigenvalue weighted by molar-refractivity contribution is 7.89. The van der Waals surface area contributed by atoms with E-state index >= 15 is 0 Å². The van der Waals surface area contributed by atoms with E-state index in [2.05, 4.69) is 0 Å². The number of carbonyl (C=O) groups excluding carboxylic acids is 1. The van der Waals surface area contributed by atoms with Crippen LogP contribution < -0.4 is 14.8 Å². The molecule has 1 heterocycles. The molecule has 1 fully saturated rings. The monoisotopic (exact) mass is 304 g/mol. The molecule has 1 atom stereocenters. The standard InChI is InChI=1S/C11H13ClN2O4S/c1-18-9-3-7(12)2-8(4-9)14-6-10(5-11(14)15)19(13,16)17/h2-4,10H,5-6H2,1H3,(H2,13,16,17). The zero-order valence-corrected chi connectivity index (χ0v) is 11.7. The number of hydrogen-bond donors (Lipinski definition) is 1. The second kappa shape index (κ2) is 4.99. The molecule has 2 N–H and O–H groups in total. The Kier molecular flexibility index (Phi) is 3.71. The molecule has 1 saturated heterocycles. The Morgan fingerprint density at radius 1 is 1.42 bits per heavy atom. The molecule has 1 aromatic carbocycles. The van der Waals surface area contributed by atoms with Crippen molar-refractivity contribution in [3.63, 3.8) is 0 Å². The van der Waals surface area contributed by atoms with E-state index in [9.17, 15) is 13.2 Å². The molecule has 1 aromatic rings. The van der Waals surface area contributed by atoms with Gasteiger partial charge in [0.1, 0.15) is 11.0 Å². The van der Waals surface area contributed by atoms with Gasteiger partial charge >= 0.3 is 0 Å². The van der Waals surface area contributed by atoms with Crippen LogP contribution in [0.5, 0.6) is 5.75 Å². The van der Waals surface area contributed by atoms with Crippen molar-refractivity contribution >= 4 is 33.2 Å². The third-order valence-electron chi connectivity index (χ3n) is 2.96. The van der Waals surface area contributed by atoms with Gasteiger partial charge in [-0.1, -0.05) is 11.6 Å². The van der Waals surface area contributed by atoms with Gasteiger partial charge in [0.05, 0.1) is 7.11 Å². The average molecular weight is 305 g/mol. The molecule has 1 amide bonds. The van der Waals surface area contributed by atoms with Gasteiger partial charge in [0.2, 0.25) is 15.9 Å². The largest absolute Gasteiger partial charge is 0.497 e. The van der Waals surface area contributed by atoms with Gasteiger partial charge in [-0.2, -0.15) is 0 Å². The van der Waals surface area contributed by atoms with Gasteiger partial charge in [-0.3, -0.25) is 4.79 Å². The zero-order valence-electron chi connectivity index (χ0n) is 10.2. The van der Waals surface area contributed by atoms with Crippen LogP contribution in [0.1, 0.15) is 6.42 Å². The summed E-state index contributed by atoms with van der Waals surface area (Å²) in [6.45, 7) is 0.0289. The molecule has 0 aromatic heterocycles. The Morgan fingerprint density at radius 3 is 2.63 bits per heavy atom. The lowest BCUT2D eigenvalue weighted by Crippen LogP contribution is -2.32. The van der Waals surface area contributed by atoms with Crippen LogP contribution in [0.2, 0.25) is 5.02 Å². The number of methoxy groups -OCH3 is 1. The van der Waals surface area contributed by atoms with E-state index in [4.69, 9.17) is 21.5 Å². The fourth-order valence-corrected chi connectivity index (χ4v) is 2.92. The maximum Gasteiger partial charge on any atom is 0.228 e. The number of amides is 1. The Morgan fingerprint density at radius 2 is 2.11 bits per heavy atom. The first-order valence-electron chi connectivity index (χ1n) is 5.48. The highest BCUT2D eigenvalue weighted by atomic mass is 35.5. The summed E-state index contributed by atoms with van der Waals surface area (Å²) in [5, 5.41) is 4.59. The number of benzene rings is 1. The number of rotatable bonds is 3. The van der Waals surface area contributed by atoms with Crippen LogP contribution in [0.3, 0.4) is 0 Å². The first-order chi connectivity index (χ1) is 8.81. The summed E-state index contributed by atoms with van der Waals surface area (Å²) in [5.74, 6) is 0.192. The molecule has 0 aliphatic carbocycles. The molecule has 8 heteroatoms. The Hall–Kier alpha value is -1.31. The number of carbonyl (C=O) groups is 1. The molecule has 0 bridgehead atoms. The molecule has 104 valence electrons. The maximum absolute atomic E-state index is 11.9. The molecule has 0 radical (unpaired) electrons. The van der Waals surface area contributed by atoms with E-state index in [1.807, 2.05) is 0 Å². The van der Waals surface area contributed by atoms with Crippen LogP contribution in [-0.2, 0) is 14.8 Å². The third kappa shape index (κ3) is 2.99. The van der Waals surface area contributed by atoms with Crippen LogP contribution >= 0.6 is 11.6 Å². The summed E-state index contributed by atoms with van der Waals surface area (Å²) in [6, 6.07) is 4.80. The summed E-state index contributed by atoms with van der Waals surface area (Å²) in [7, 11) is -2.25. The van der Waals surface area contributed by atoms with E-state index in [1.165, 1.54) is 12.0 Å². The molecule has 1 aliphatic heterocycles. The van der Waals surface area contributed by atoms with E-state index in [0.717, 1.165) is 0 Å². The summed E-state index contributed by atoms with van der Waals surface area (Å²) in [4.78, 5) is 13.2. The molecule has 6 nitrogen and oxygen atoms in total. The van der Waals surface area contributed by atoms with Gasteiger partial charge in [-0.15, -0.1) is 0 Å². The van der Waals surface area contributed by atoms with Crippen molar-refractivity contribution in [3.8, 4) is 5.75 Å². The van der Waals surface area contributed by atoms with Gasteiger partial charge in [-0.25, -0.2) is 13.6 Å². The van der Waals surface area contributed by atoms with Crippen LogP contribution in [0.4, 0.5) is 5.69 Å². The highest BCUT2D eigenvalue weighted by Gasteiger charge is 2.37. The van der Waals surface area contributed by atoms with Crippen molar-refractivity contribution in [3.05, 3.63) is 23.2 Å². The van der Waals surface area contributed by atoms with Gasteiger partial charge in [0.15, 0.2) is 0 Å². The lowest BCUT2D eigenvalue weighted by atomic mass is 10.3. The van der Waals surface area contributed by atoms with Crippen LogP contribution in [-0.4, -0.2) is 33.2 Å². The van der Waals surface area contributed by atoms with Gasteiger partial charge in [0.25, 0.3) is 0 Å². The summed E-state index contributed by atoms with van der Waals surface area (Å²) in [5.41, 5.74) is 0.500. The molecule has 0 saturated carbocycles. The molecule has 2 rings (SSSR count). The van der Waals surface area contributed by atoms with Crippen LogP contribution in [0.25, 0.3) is 0 Å². The van der Waals surface area contributed by atoms with Gasteiger partial charge in [0, 0.05) is 29.7 Å². The average Bonchev–Trinajstić information content (AvgIpc) is 2.70. The smallest absolute Gasteiger partial charge is 0.228 e. The minimum atomic E-state index is -3.73. The number of nitrogens with zero attached hydrogens (tertiary/aromatic N) is 1. The van der Waals surface area contributed by atoms with Crippen molar-refractivity contribution in [1.29, 1.82) is 0 Å². The van der Waals surface area contributed by atoms with Gasteiger partial charge < -0.3 is 9.64 Å². The predicted molar refractivity (Wildman–Crippen MR) is 71.9 cm³/mol. The number of nitrogens with two attached hydrogens (primary N) is 1. The number of ether oxygens (including phenoxy) is 1. The molecule has 1 unspecified atom stereocenters. The van der Waals surface area contributed by atoms with E-state index in [1.54, 1.807) is 18.2 Å². The molecular formula is C11H13ClN2O4S. The van der Waals surface area contributed by atoms with Crippen molar-refractivity contribution in [2.45, 2.75) is 11.7 Å². The minimum absolute atomic E-state index is 0.0289. The molecule has 19 heavy (non-hydrogen) atoms. The Labute approximate surface area is 116 Å². The molecule has 0 spiro atoms. The number of hydrogen-bond acceptors (Lipinski definition) is 4. The van der Waals surface area contributed by atoms with Crippen LogP contribution in [0, 0.1) is 0 Å².